The molecule has 0 spiro atoms. The zero-order valence-electron chi connectivity index (χ0n) is 13.1. The van der Waals surface area contributed by atoms with Crippen molar-refractivity contribution in [3.8, 4) is 0 Å². The molecule has 2 unspecified atom stereocenters. The normalized spacial score (nSPS) is 24.1. The Morgan fingerprint density at radius 2 is 1.90 bits per heavy atom. The summed E-state index contributed by atoms with van der Waals surface area (Å²) in [6, 6.07) is 0.556. The molecule has 1 aliphatic heterocycles. The number of amides is 1. The first-order valence-electron chi connectivity index (χ1n) is 7.55. The van der Waals surface area contributed by atoms with Gasteiger partial charge < -0.3 is 10.4 Å². The first kappa shape index (κ1) is 17.0. The fourth-order valence-electron chi connectivity index (χ4n) is 2.67. The smallest absolute Gasteiger partial charge is 0.303 e. The van der Waals surface area contributed by atoms with E-state index in [9.17, 15) is 9.59 Å². The highest BCUT2D eigenvalue weighted by Crippen LogP contribution is 2.23. The molecule has 1 amide bonds. The van der Waals surface area contributed by atoms with Crippen molar-refractivity contribution >= 4 is 11.9 Å². The van der Waals surface area contributed by atoms with Gasteiger partial charge in [-0.3, -0.25) is 14.5 Å². The van der Waals surface area contributed by atoms with Crippen molar-refractivity contribution in [1.82, 2.24) is 10.2 Å². The summed E-state index contributed by atoms with van der Waals surface area (Å²) >= 11 is 0. The highest BCUT2D eigenvalue weighted by molar-refractivity contribution is 5.78. The van der Waals surface area contributed by atoms with Crippen molar-refractivity contribution in [1.29, 1.82) is 0 Å². The van der Waals surface area contributed by atoms with Crippen LogP contribution in [0.2, 0.25) is 0 Å². The first-order valence-corrected chi connectivity index (χ1v) is 7.55. The third kappa shape index (κ3) is 5.49. The van der Waals surface area contributed by atoms with Crippen LogP contribution in [0.15, 0.2) is 0 Å². The number of piperidine rings is 1. The molecule has 116 valence electrons. The molecule has 0 aromatic rings. The van der Waals surface area contributed by atoms with E-state index in [0.717, 1.165) is 19.5 Å². The van der Waals surface area contributed by atoms with Crippen LogP contribution in [0.25, 0.3) is 0 Å². The van der Waals surface area contributed by atoms with E-state index in [0.29, 0.717) is 18.4 Å². The summed E-state index contributed by atoms with van der Waals surface area (Å²) in [5.74, 6) is -0.325. The second kappa shape index (κ2) is 7.62. The van der Waals surface area contributed by atoms with Crippen LogP contribution in [-0.2, 0) is 9.59 Å². The number of rotatable bonds is 6. The number of carbonyl (C=O) groups excluding carboxylic acids is 1. The summed E-state index contributed by atoms with van der Waals surface area (Å²) in [6.45, 7) is 9.85. The van der Waals surface area contributed by atoms with Crippen LogP contribution in [0.1, 0.15) is 47.0 Å². The number of likely N-dealkylation sites (tertiary alicyclic amines) is 1. The van der Waals surface area contributed by atoms with Gasteiger partial charge in [-0.1, -0.05) is 13.8 Å². The average molecular weight is 284 g/mol. The largest absolute Gasteiger partial charge is 0.481 e. The van der Waals surface area contributed by atoms with E-state index < -0.39 is 5.97 Å². The van der Waals surface area contributed by atoms with Gasteiger partial charge in [-0.25, -0.2) is 0 Å². The summed E-state index contributed by atoms with van der Waals surface area (Å²) in [4.78, 5) is 24.9. The number of carboxylic acids is 1. The summed E-state index contributed by atoms with van der Waals surface area (Å²) in [5, 5.41) is 11.9. The van der Waals surface area contributed by atoms with Crippen molar-refractivity contribution in [2.45, 2.75) is 59.0 Å². The molecule has 0 bridgehead atoms. The Hall–Kier alpha value is -1.10. The number of carboxylic acid groups (broad SMARTS) is 1. The van der Waals surface area contributed by atoms with E-state index in [1.807, 2.05) is 13.8 Å². The van der Waals surface area contributed by atoms with E-state index in [-0.39, 0.29) is 24.3 Å². The number of carbonyl (C=O) groups is 2. The molecule has 2 N–H and O–H groups in total. The summed E-state index contributed by atoms with van der Waals surface area (Å²) in [5.41, 5.74) is 0. The minimum Gasteiger partial charge on any atom is -0.481 e. The first-order chi connectivity index (χ1) is 9.29. The van der Waals surface area contributed by atoms with Crippen molar-refractivity contribution in [2.24, 2.45) is 11.8 Å². The van der Waals surface area contributed by atoms with E-state index in [2.05, 4.69) is 24.1 Å². The topological polar surface area (TPSA) is 69.6 Å². The number of aliphatic carboxylic acids is 1. The van der Waals surface area contributed by atoms with E-state index in [1.165, 1.54) is 0 Å². The Kier molecular flexibility index (Phi) is 6.46. The standard InChI is InChI=1S/C15H28N2O3/c1-10(2)15(20)16-13-7-12(5-6-14(18)19)8-17(9-13)11(3)4/h10-13H,5-9H2,1-4H3,(H,16,20)(H,18,19). The molecule has 1 heterocycles. The van der Waals surface area contributed by atoms with Crippen LogP contribution < -0.4 is 5.32 Å². The Bertz CT molecular complexity index is 342. The molecular weight excluding hydrogens is 256 g/mol. The van der Waals surface area contributed by atoms with Crippen LogP contribution in [-0.4, -0.2) is 47.1 Å². The van der Waals surface area contributed by atoms with E-state index >= 15 is 0 Å². The summed E-state index contributed by atoms with van der Waals surface area (Å²) in [6.07, 6.45) is 1.78. The fraction of sp³-hybridized carbons (Fsp3) is 0.867. The highest BCUT2D eigenvalue weighted by Gasteiger charge is 2.29. The summed E-state index contributed by atoms with van der Waals surface area (Å²) < 4.78 is 0. The van der Waals surface area contributed by atoms with Gasteiger partial charge in [-0.2, -0.15) is 0 Å². The minimum atomic E-state index is -0.741. The van der Waals surface area contributed by atoms with Crippen molar-refractivity contribution in [3.63, 3.8) is 0 Å². The lowest BCUT2D eigenvalue weighted by molar-refractivity contribution is -0.137. The molecule has 2 atom stereocenters. The second-order valence-electron chi connectivity index (χ2n) is 6.44. The third-order valence-electron chi connectivity index (χ3n) is 3.93. The molecule has 5 nitrogen and oxygen atoms in total. The minimum absolute atomic E-state index is 0.0121. The quantitative estimate of drug-likeness (QED) is 0.779. The molecule has 0 aliphatic carbocycles. The molecule has 0 radical (unpaired) electrons. The van der Waals surface area contributed by atoms with Crippen LogP contribution in [0.4, 0.5) is 0 Å². The van der Waals surface area contributed by atoms with Gasteiger partial charge in [0.15, 0.2) is 0 Å². The van der Waals surface area contributed by atoms with Crippen molar-refractivity contribution < 1.29 is 14.7 Å². The predicted octanol–water partition coefficient (Wildman–Crippen LogP) is 1.72. The summed E-state index contributed by atoms with van der Waals surface area (Å²) in [7, 11) is 0. The Balaban J connectivity index is 2.60. The monoisotopic (exact) mass is 284 g/mol. The van der Waals surface area contributed by atoms with E-state index in [4.69, 9.17) is 5.11 Å². The zero-order chi connectivity index (χ0) is 15.3. The molecule has 0 aromatic heterocycles. The SMILES string of the molecule is CC(C)C(=O)NC1CC(CCC(=O)O)CN(C(C)C)C1. The number of hydrogen-bond donors (Lipinski definition) is 2. The van der Waals surface area contributed by atoms with Gasteiger partial charge >= 0.3 is 5.97 Å². The lowest BCUT2D eigenvalue weighted by atomic mass is 9.89. The van der Waals surface area contributed by atoms with Crippen LogP contribution in [0.3, 0.4) is 0 Å². The molecule has 0 aromatic carbocycles. The van der Waals surface area contributed by atoms with Gasteiger partial charge in [0.25, 0.3) is 0 Å². The Morgan fingerprint density at radius 1 is 1.25 bits per heavy atom. The van der Waals surface area contributed by atoms with Gasteiger partial charge in [-0.15, -0.1) is 0 Å². The fourth-order valence-corrected chi connectivity index (χ4v) is 2.67. The maximum Gasteiger partial charge on any atom is 0.303 e. The third-order valence-corrected chi connectivity index (χ3v) is 3.93. The second-order valence-corrected chi connectivity index (χ2v) is 6.44. The maximum absolute atomic E-state index is 11.8. The molecule has 5 heteroatoms. The van der Waals surface area contributed by atoms with Crippen LogP contribution in [0.5, 0.6) is 0 Å². The molecule has 1 aliphatic rings. The van der Waals surface area contributed by atoms with Gasteiger partial charge in [-0.05, 0) is 32.6 Å². The van der Waals surface area contributed by atoms with Crippen molar-refractivity contribution in [2.75, 3.05) is 13.1 Å². The molecule has 0 saturated carbocycles. The number of hydrogen-bond acceptors (Lipinski definition) is 3. The predicted molar refractivity (Wildman–Crippen MR) is 78.5 cm³/mol. The van der Waals surface area contributed by atoms with Gasteiger partial charge in [0.2, 0.25) is 5.91 Å². The number of nitrogens with one attached hydrogen (secondary N) is 1. The zero-order valence-corrected chi connectivity index (χ0v) is 13.1. The highest BCUT2D eigenvalue weighted by atomic mass is 16.4. The van der Waals surface area contributed by atoms with Gasteiger partial charge in [0.1, 0.15) is 0 Å². The lowest BCUT2D eigenvalue weighted by Crippen LogP contribution is -2.53. The maximum atomic E-state index is 11.8. The van der Waals surface area contributed by atoms with Gasteiger partial charge in [0, 0.05) is 37.5 Å². The molecule has 1 saturated heterocycles. The molecular formula is C15H28N2O3. The van der Waals surface area contributed by atoms with Crippen LogP contribution >= 0.6 is 0 Å². The Labute approximate surface area is 121 Å². The molecule has 1 fully saturated rings. The average Bonchev–Trinajstić information content (AvgIpc) is 2.35. The Morgan fingerprint density at radius 3 is 2.40 bits per heavy atom. The van der Waals surface area contributed by atoms with Crippen molar-refractivity contribution in [3.05, 3.63) is 0 Å². The number of nitrogens with zero attached hydrogens (tertiary/aromatic N) is 1. The molecule has 1 rings (SSSR count). The lowest BCUT2D eigenvalue weighted by Gasteiger charge is -2.40. The van der Waals surface area contributed by atoms with E-state index in [1.54, 1.807) is 0 Å². The van der Waals surface area contributed by atoms with Gasteiger partial charge in [0.05, 0.1) is 0 Å². The molecule has 20 heavy (non-hydrogen) atoms. The van der Waals surface area contributed by atoms with Crippen LogP contribution in [0, 0.1) is 11.8 Å².